The van der Waals surface area contributed by atoms with Gasteiger partial charge < -0.3 is 10.4 Å². The van der Waals surface area contributed by atoms with Crippen LogP contribution in [0.25, 0.3) is 0 Å². The minimum atomic E-state index is -0.423. The second kappa shape index (κ2) is 5.05. The van der Waals surface area contributed by atoms with E-state index in [0.29, 0.717) is 11.6 Å². The van der Waals surface area contributed by atoms with E-state index in [9.17, 15) is 9.50 Å². The summed E-state index contributed by atoms with van der Waals surface area (Å²) >= 11 is 0. The summed E-state index contributed by atoms with van der Waals surface area (Å²) in [7, 11) is 0. The fourth-order valence-corrected chi connectivity index (χ4v) is 2.38. The molecule has 0 spiro atoms. The monoisotopic (exact) mass is 237 g/mol. The van der Waals surface area contributed by atoms with Gasteiger partial charge in [0.05, 0.1) is 17.8 Å². The average molecular weight is 237 g/mol. The largest absolute Gasteiger partial charge is 0.394 e. The van der Waals surface area contributed by atoms with Crippen molar-refractivity contribution in [1.82, 2.24) is 0 Å². The number of nitrogens with one attached hydrogen (secondary N) is 1. The summed E-state index contributed by atoms with van der Waals surface area (Å²) in [4.78, 5) is 0. The molecular weight excluding hydrogens is 217 g/mol. The Balaban J connectivity index is 2.05. The molecule has 1 aromatic rings. The molecule has 0 amide bonds. The Hall–Kier alpha value is -1.09. The fraction of sp³-hybridized carbons (Fsp3) is 0.571. The van der Waals surface area contributed by atoms with Gasteiger partial charge in [-0.25, -0.2) is 4.39 Å². The van der Waals surface area contributed by atoms with Crippen molar-refractivity contribution in [2.24, 2.45) is 5.92 Å². The zero-order chi connectivity index (χ0) is 12.3. The molecule has 94 valence electrons. The first-order chi connectivity index (χ1) is 8.13. The van der Waals surface area contributed by atoms with E-state index in [4.69, 9.17) is 0 Å². The molecule has 1 unspecified atom stereocenters. The lowest BCUT2D eigenvalue weighted by Crippen LogP contribution is -2.42. The highest BCUT2D eigenvalue weighted by Crippen LogP contribution is 2.35. The molecule has 0 heterocycles. The quantitative estimate of drug-likeness (QED) is 0.824. The van der Waals surface area contributed by atoms with E-state index in [2.05, 4.69) is 5.32 Å². The molecule has 0 aliphatic heterocycles. The van der Waals surface area contributed by atoms with Crippen LogP contribution >= 0.6 is 0 Å². The number of rotatable bonds is 5. The van der Waals surface area contributed by atoms with Gasteiger partial charge in [-0.2, -0.15) is 0 Å². The first-order valence-corrected chi connectivity index (χ1v) is 6.26. The van der Waals surface area contributed by atoms with Crippen LogP contribution in [0.15, 0.2) is 24.3 Å². The molecule has 1 saturated carbocycles. The van der Waals surface area contributed by atoms with Gasteiger partial charge in [-0.1, -0.05) is 31.4 Å². The number of halogens is 1. The van der Waals surface area contributed by atoms with Gasteiger partial charge in [0.2, 0.25) is 0 Å². The zero-order valence-electron chi connectivity index (χ0n) is 10.2. The molecule has 1 aliphatic carbocycles. The summed E-state index contributed by atoms with van der Waals surface area (Å²) in [5.74, 6) is 0.409. The summed E-state index contributed by atoms with van der Waals surface area (Å²) in [6.45, 7) is 1.98. The topological polar surface area (TPSA) is 32.3 Å². The first kappa shape index (κ1) is 12.4. The molecule has 1 aliphatic rings. The fourth-order valence-electron chi connectivity index (χ4n) is 2.38. The van der Waals surface area contributed by atoms with Crippen LogP contribution in [0.4, 0.5) is 10.1 Å². The van der Waals surface area contributed by atoms with Crippen LogP contribution in [0.3, 0.4) is 0 Å². The standard InChI is InChI=1S/C14H20FNO/c1-14(10-17,9-11-5-4-6-11)16-13-8-3-2-7-12(13)15/h2-3,7-8,11,16-17H,4-6,9-10H2,1H3. The second-order valence-electron chi connectivity index (χ2n) is 5.32. The van der Waals surface area contributed by atoms with E-state index in [1.807, 2.05) is 6.92 Å². The molecule has 3 heteroatoms. The first-order valence-electron chi connectivity index (χ1n) is 6.26. The number of hydrogen-bond donors (Lipinski definition) is 2. The van der Waals surface area contributed by atoms with Crippen LogP contribution < -0.4 is 5.32 Å². The van der Waals surface area contributed by atoms with Crippen molar-refractivity contribution in [2.75, 3.05) is 11.9 Å². The third-order valence-corrected chi connectivity index (χ3v) is 3.62. The van der Waals surface area contributed by atoms with E-state index >= 15 is 0 Å². The van der Waals surface area contributed by atoms with Crippen molar-refractivity contribution in [2.45, 2.75) is 38.1 Å². The molecule has 2 nitrogen and oxygen atoms in total. The lowest BCUT2D eigenvalue weighted by atomic mass is 9.76. The summed E-state index contributed by atoms with van der Waals surface area (Å²) in [6.07, 6.45) is 4.65. The van der Waals surface area contributed by atoms with Gasteiger partial charge in [0.1, 0.15) is 5.82 Å². The molecule has 2 N–H and O–H groups in total. The van der Waals surface area contributed by atoms with Crippen LogP contribution in [0.1, 0.15) is 32.6 Å². The normalized spacial score (nSPS) is 19.5. The highest BCUT2D eigenvalue weighted by molar-refractivity contribution is 5.46. The van der Waals surface area contributed by atoms with Gasteiger partial charge in [-0.3, -0.25) is 0 Å². The smallest absolute Gasteiger partial charge is 0.146 e. The Bertz CT molecular complexity index is 378. The Kier molecular flexibility index (Phi) is 3.67. The maximum absolute atomic E-state index is 13.5. The van der Waals surface area contributed by atoms with E-state index in [0.717, 1.165) is 6.42 Å². The molecule has 1 atom stereocenters. The number of benzene rings is 1. The Morgan fingerprint density at radius 1 is 1.41 bits per heavy atom. The number of aliphatic hydroxyl groups excluding tert-OH is 1. The summed E-state index contributed by atoms with van der Waals surface area (Å²) in [6, 6.07) is 6.61. The van der Waals surface area contributed by atoms with Gasteiger partial charge in [-0.05, 0) is 31.4 Å². The molecule has 0 saturated heterocycles. The van der Waals surface area contributed by atoms with Crippen molar-refractivity contribution >= 4 is 5.69 Å². The molecular formula is C14H20FNO. The highest BCUT2D eigenvalue weighted by Gasteiger charge is 2.30. The average Bonchev–Trinajstić information content (AvgIpc) is 2.27. The van der Waals surface area contributed by atoms with Crippen molar-refractivity contribution in [3.63, 3.8) is 0 Å². The van der Waals surface area contributed by atoms with Crippen LogP contribution in [-0.4, -0.2) is 17.3 Å². The van der Waals surface area contributed by atoms with Crippen molar-refractivity contribution < 1.29 is 9.50 Å². The van der Waals surface area contributed by atoms with Crippen molar-refractivity contribution in [3.05, 3.63) is 30.1 Å². The lowest BCUT2D eigenvalue weighted by Gasteiger charge is -2.37. The van der Waals surface area contributed by atoms with Gasteiger partial charge >= 0.3 is 0 Å². The molecule has 1 aromatic carbocycles. The van der Waals surface area contributed by atoms with Crippen LogP contribution in [0.5, 0.6) is 0 Å². The third-order valence-electron chi connectivity index (χ3n) is 3.62. The molecule has 0 radical (unpaired) electrons. The Morgan fingerprint density at radius 3 is 2.65 bits per heavy atom. The van der Waals surface area contributed by atoms with Crippen molar-refractivity contribution in [1.29, 1.82) is 0 Å². The van der Waals surface area contributed by atoms with Gasteiger partial charge in [0.25, 0.3) is 0 Å². The number of aliphatic hydroxyl groups is 1. The third kappa shape index (κ3) is 2.97. The van der Waals surface area contributed by atoms with Crippen LogP contribution in [0, 0.1) is 11.7 Å². The zero-order valence-corrected chi connectivity index (χ0v) is 10.2. The van der Waals surface area contributed by atoms with E-state index in [1.54, 1.807) is 18.2 Å². The van der Waals surface area contributed by atoms with Gasteiger partial charge in [-0.15, -0.1) is 0 Å². The Morgan fingerprint density at radius 2 is 2.12 bits per heavy atom. The maximum atomic E-state index is 13.5. The summed E-state index contributed by atoms with van der Waals surface area (Å²) in [5.41, 5.74) is 0.0520. The molecule has 1 fully saturated rings. The SMILES string of the molecule is CC(CO)(CC1CCC1)Nc1ccccc1F. The predicted molar refractivity (Wildman–Crippen MR) is 67.5 cm³/mol. The predicted octanol–water partition coefficient (Wildman–Crippen LogP) is 3.18. The maximum Gasteiger partial charge on any atom is 0.146 e. The van der Waals surface area contributed by atoms with Crippen molar-refractivity contribution in [3.8, 4) is 0 Å². The van der Waals surface area contributed by atoms with E-state index < -0.39 is 5.54 Å². The minimum absolute atomic E-state index is 0.0256. The number of para-hydroxylation sites is 1. The summed E-state index contributed by atoms with van der Waals surface area (Å²) in [5, 5.41) is 12.7. The Labute approximate surface area is 102 Å². The summed E-state index contributed by atoms with van der Waals surface area (Å²) < 4.78 is 13.5. The highest BCUT2D eigenvalue weighted by atomic mass is 19.1. The molecule has 2 rings (SSSR count). The number of anilines is 1. The molecule has 0 bridgehead atoms. The van der Waals surface area contributed by atoms with Gasteiger partial charge in [0.15, 0.2) is 0 Å². The van der Waals surface area contributed by atoms with Crippen LogP contribution in [0.2, 0.25) is 0 Å². The molecule has 17 heavy (non-hydrogen) atoms. The lowest BCUT2D eigenvalue weighted by molar-refractivity contribution is 0.167. The van der Waals surface area contributed by atoms with Crippen LogP contribution in [-0.2, 0) is 0 Å². The van der Waals surface area contributed by atoms with E-state index in [1.165, 1.54) is 25.3 Å². The molecule has 0 aromatic heterocycles. The second-order valence-corrected chi connectivity index (χ2v) is 5.32. The number of hydrogen-bond acceptors (Lipinski definition) is 2. The minimum Gasteiger partial charge on any atom is -0.394 e. The van der Waals surface area contributed by atoms with Gasteiger partial charge in [0, 0.05) is 0 Å². The van der Waals surface area contributed by atoms with E-state index in [-0.39, 0.29) is 12.4 Å².